The predicted molar refractivity (Wildman–Crippen MR) is 99.8 cm³/mol. The number of nitrogens with zero attached hydrogens (tertiary/aromatic N) is 1. The Morgan fingerprint density at radius 1 is 1.31 bits per heavy atom. The number of carbonyl (C=O) groups excluding carboxylic acids is 1. The first-order chi connectivity index (χ1) is 12.5. The van der Waals surface area contributed by atoms with Gasteiger partial charge in [-0.15, -0.1) is 0 Å². The Hall–Kier alpha value is -1.64. The molecule has 8 heteroatoms. The smallest absolute Gasteiger partial charge is 0.246 e. The van der Waals surface area contributed by atoms with Crippen LogP contribution in [0, 0.1) is 5.92 Å². The van der Waals surface area contributed by atoms with Crippen molar-refractivity contribution in [3.8, 4) is 5.75 Å². The molecular weight excluding hydrogens is 354 g/mol. The van der Waals surface area contributed by atoms with Crippen LogP contribution in [-0.2, 0) is 14.8 Å². The van der Waals surface area contributed by atoms with Crippen LogP contribution >= 0.6 is 0 Å². The molecule has 7 nitrogen and oxygen atoms in total. The Morgan fingerprint density at radius 3 is 2.73 bits per heavy atom. The first-order valence-corrected chi connectivity index (χ1v) is 10.7. The lowest BCUT2D eigenvalue weighted by molar-refractivity contribution is -0.120. The van der Waals surface area contributed by atoms with E-state index in [1.807, 2.05) is 6.92 Å². The molecule has 2 heterocycles. The lowest BCUT2D eigenvalue weighted by atomic mass is 9.99. The van der Waals surface area contributed by atoms with Crippen molar-refractivity contribution in [1.82, 2.24) is 9.62 Å². The average molecular weight is 381 g/mol. The number of hydrogen-bond acceptors (Lipinski definition) is 5. The fourth-order valence-corrected chi connectivity index (χ4v) is 5.12. The summed E-state index contributed by atoms with van der Waals surface area (Å²) in [6, 6.07) is 4.84. The number of carbonyl (C=O) groups is 1. The van der Waals surface area contributed by atoms with Gasteiger partial charge in [0.2, 0.25) is 15.9 Å². The minimum Gasteiger partial charge on any atom is -0.492 e. The van der Waals surface area contributed by atoms with E-state index in [0.717, 1.165) is 32.2 Å². The van der Waals surface area contributed by atoms with Crippen molar-refractivity contribution in [3.05, 3.63) is 18.2 Å². The zero-order valence-corrected chi connectivity index (χ0v) is 16.0. The monoisotopic (exact) mass is 381 g/mol. The van der Waals surface area contributed by atoms with E-state index in [1.165, 1.54) is 10.4 Å². The van der Waals surface area contributed by atoms with Gasteiger partial charge in [-0.2, -0.15) is 4.31 Å². The Balaban J connectivity index is 1.85. The van der Waals surface area contributed by atoms with Gasteiger partial charge in [-0.3, -0.25) is 4.79 Å². The zero-order chi connectivity index (χ0) is 18.6. The summed E-state index contributed by atoms with van der Waals surface area (Å²) in [6.07, 6.45) is 3.55. The number of hydrogen-bond donors (Lipinski definition) is 2. The first-order valence-electron chi connectivity index (χ1n) is 9.31. The highest BCUT2D eigenvalue weighted by molar-refractivity contribution is 7.89. The zero-order valence-electron chi connectivity index (χ0n) is 15.2. The van der Waals surface area contributed by atoms with Crippen molar-refractivity contribution in [2.75, 3.05) is 38.1 Å². The minimum atomic E-state index is -3.63. The normalized spacial score (nSPS) is 21.5. The molecule has 2 aliphatic heterocycles. The van der Waals surface area contributed by atoms with Crippen LogP contribution in [0.2, 0.25) is 0 Å². The molecule has 2 saturated heterocycles. The van der Waals surface area contributed by atoms with Crippen molar-refractivity contribution in [3.63, 3.8) is 0 Å². The maximum absolute atomic E-state index is 13.0. The van der Waals surface area contributed by atoms with E-state index in [2.05, 4.69) is 10.6 Å². The third kappa shape index (κ3) is 4.19. The summed E-state index contributed by atoms with van der Waals surface area (Å²) in [5.74, 6) is 0.163. The van der Waals surface area contributed by atoms with Crippen molar-refractivity contribution in [2.45, 2.75) is 37.5 Å². The Labute approximate surface area is 155 Å². The van der Waals surface area contributed by atoms with Gasteiger partial charge in [0.25, 0.3) is 0 Å². The molecule has 2 fully saturated rings. The van der Waals surface area contributed by atoms with E-state index in [9.17, 15) is 13.2 Å². The molecule has 26 heavy (non-hydrogen) atoms. The van der Waals surface area contributed by atoms with Gasteiger partial charge in [0.15, 0.2) is 0 Å². The topological polar surface area (TPSA) is 87.7 Å². The summed E-state index contributed by atoms with van der Waals surface area (Å²) in [6.45, 7) is 4.84. The molecule has 0 aromatic heterocycles. The molecule has 1 amide bonds. The van der Waals surface area contributed by atoms with Gasteiger partial charge < -0.3 is 15.4 Å². The number of ether oxygens (including phenoxy) is 1. The van der Waals surface area contributed by atoms with E-state index < -0.39 is 10.0 Å². The number of benzene rings is 1. The summed E-state index contributed by atoms with van der Waals surface area (Å²) < 4.78 is 33.0. The van der Waals surface area contributed by atoms with E-state index >= 15 is 0 Å². The maximum Gasteiger partial charge on any atom is 0.246 e. The van der Waals surface area contributed by atoms with E-state index in [-0.39, 0.29) is 16.7 Å². The summed E-state index contributed by atoms with van der Waals surface area (Å²) in [5.41, 5.74) is 0.488. The van der Waals surface area contributed by atoms with Crippen molar-refractivity contribution < 1.29 is 17.9 Å². The third-order valence-corrected chi connectivity index (χ3v) is 6.78. The van der Waals surface area contributed by atoms with Crippen LogP contribution in [0.1, 0.15) is 32.6 Å². The molecule has 0 aliphatic carbocycles. The maximum atomic E-state index is 13.0. The molecule has 0 saturated carbocycles. The van der Waals surface area contributed by atoms with Crippen LogP contribution < -0.4 is 15.4 Å². The summed E-state index contributed by atoms with van der Waals surface area (Å²) in [4.78, 5) is 12.6. The second-order valence-electron chi connectivity index (χ2n) is 6.74. The quantitative estimate of drug-likeness (QED) is 0.785. The summed E-state index contributed by atoms with van der Waals surface area (Å²) in [5, 5.41) is 6.08. The Kier molecular flexibility index (Phi) is 6.16. The summed E-state index contributed by atoms with van der Waals surface area (Å²) >= 11 is 0. The SMILES string of the molecule is CCOc1ccc(NC(=O)C2CCCNC2)cc1S(=O)(=O)N1CCCC1. The Morgan fingerprint density at radius 2 is 2.08 bits per heavy atom. The first kappa shape index (κ1) is 19.1. The van der Waals surface area contributed by atoms with Gasteiger partial charge in [0.1, 0.15) is 10.6 Å². The molecule has 2 aliphatic rings. The van der Waals surface area contributed by atoms with Crippen LogP contribution in [0.25, 0.3) is 0 Å². The van der Waals surface area contributed by atoms with E-state index in [4.69, 9.17) is 4.74 Å². The van der Waals surface area contributed by atoms with Gasteiger partial charge >= 0.3 is 0 Å². The van der Waals surface area contributed by atoms with Crippen molar-refractivity contribution in [1.29, 1.82) is 0 Å². The fourth-order valence-electron chi connectivity index (χ4n) is 3.45. The molecule has 0 bridgehead atoms. The highest BCUT2D eigenvalue weighted by atomic mass is 32.2. The second kappa shape index (κ2) is 8.37. The van der Waals surface area contributed by atoms with Crippen molar-refractivity contribution in [2.24, 2.45) is 5.92 Å². The fraction of sp³-hybridized carbons (Fsp3) is 0.611. The van der Waals surface area contributed by atoms with Gasteiger partial charge in [-0.05, 0) is 57.4 Å². The number of piperidine rings is 1. The summed E-state index contributed by atoms with van der Waals surface area (Å²) in [7, 11) is -3.63. The van der Waals surface area contributed by atoms with Gasteiger partial charge in [0.05, 0.1) is 12.5 Å². The molecule has 2 N–H and O–H groups in total. The second-order valence-corrected chi connectivity index (χ2v) is 8.64. The molecule has 0 spiro atoms. The Bertz CT molecular complexity index is 739. The van der Waals surface area contributed by atoms with Crippen LogP contribution in [-0.4, -0.2) is 51.4 Å². The number of rotatable bonds is 6. The molecule has 0 radical (unpaired) electrons. The largest absolute Gasteiger partial charge is 0.492 e. The molecule has 1 aromatic rings. The molecule has 1 aromatic carbocycles. The third-order valence-electron chi connectivity index (χ3n) is 4.86. The van der Waals surface area contributed by atoms with E-state index in [0.29, 0.717) is 37.7 Å². The van der Waals surface area contributed by atoms with Gasteiger partial charge in [0, 0.05) is 25.3 Å². The standard InChI is InChI=1S/C18H27N3O4S/c1-2-25-16-8-7-15(20-18(22)14-6-5-9-19-13-14)12-17(16)26(23,24)21-10-3-4-11-21/h7-8,12,14,19H,2-6,9-11,13H2,1H3,(H,20,22). The van der Waals surface area contributed by atoms with Crippen LogP contribution in [0.15, 0.2) is 23.1 Å². The molecule has 1 unspecified atom stereocenters. The number of amides is 1. The van der Waals surface area contributed by atoms with Gasteiger partial charge in [-0.1, -0.05) is 0 Å². The molecule has 3 rings (SSSR count). The van der Waals surface area contributed by atoms with Crippen LogP contribution in [0.4, 0.5) is 5.69 Å². The average Bonchev–Trinajstić information content (AvgIpc) is 3.19. The van der Waals surface area contributed by atoms with Crippen molar-refractivity contribution >= 4 is 21.6 Å². The van der Waals surface area contributed by atoms with Gasteiger partial charge in [-0.25, -0.2) is 8.42 Å². The van der Waals surface area contributed by atoms with Crippen LogP contribution in [0.5, 0.6) is 5.75 Å². The highest BCUT2D eigenvalue weighted by Crippen LogP contribution is 2.32. The lowest BCUT2D eigenvalue weighted by Gasteiger charge is -2.22. The number of anilines is 1. The minimum absolute atomic E-state index is 0.0779. The number of nitrogens with one attached hydrogen (secondary N) is 2. The van der Waals surface area contributed by atoms with E-state index in [1.54, 1.807) is 12.1 Å². The predicted octanol–water partition coefficient (Wildman–Crippen LogP) is 1.81. The lowest BCUT2D eigenvalue weighted by Crippen LogP contribution is -2.37. The molecule has 144 valence electrons. The molecular formula is C18H27N3O4S. The van der Waals surface area contributed by atoms with Crippen LogP contribution in [0.3, 0.4) is 0 Å². The highest BCUT2D eigenvalue weighted by Gasteiger charge is 2.30. The number of sulfonamides is 1. The molecule has 1 atom stereocenters.